The van der Waals surface area contributed by atoms with Crippen molar-refractivity contribution in [3.63, 3.8) is 0 Å². The maximum absolute atomic E-state index is 12.1. The maximum atomic E-state index is 12.1. The van der Waals surface area contributed by atoms with Gasteiger partial charge < -0.3 is 5.32 Å². The smallest absolute Gasteiger partial charge is 0.235 e. The second-order valence-corrected chi connectivity index (χ2v) is 6.68. The fourth-order valence-corrected chi connectivity index (χ4v) is 3.42. The number of thioether (sulfide) groups is 1. The van der Waals surface area contributed by atoms with Crippen LogP contribution < -0.4 is 5.32 Å². The van der Waals surface area contributed by atoms with Crippen LogP contribution in [-0.2, 0) is 4.79 Å². The van der Waals surface area contributed by atoms with Crippen LogP contribution in [0.1, 0.15) is 11.1 Å². The van der Waals surface area contributed by atoms with Gasteiger partial charge in [-0.3, -0.25) is 4.79 Å². The van der Waals surface area contributed by atoms with Crippen LogP contribution >= 0.6 is 23.1 Å². The highest BCUT2D eigenvalue weighted by molar-refractivity contribution is 7.99. The largest absolute Gasteiger partial charge is 0.316 e. The summed E-state index contributed by atoms with van der Waals surface area (Å²) in [5.41, 5.74) is 2.40. The molecule has 3 rings (SSSR count). The Balaban J connectivity index is 1.67. The quantitative estimate of drug-likeness (QED) is 0.706. The molecule has 0 radical (unpaired) electrons. The van der Waals surface area contributed by atoms with Crippen LogP contribution in [0, 0.1) is 18.3 Å². The topological polar surface area (TPSA) is 96.5 Å². The van der Waals surface area contributed by atoms with Crippen LogP contribution in [0.5, 0.6) is 0 Å². The number of aromatic nitrogens is 4. The van der Waals surface area contributed by atoms with E-state index in [2.05, 4.69) is 20.8 Å². The number of rotatable bonds is 5. The molecule has 1 amide bonds. The third-order valence-electron chi connectivity index (χ3n) is 3.06. The van der Waals surface area contributed by atoms with Crippen LogP contribution in [0.25, 0.3) is 5.69 Å². The lowest BCUT2D eigenvalue weighted by Gasteiger charge is -2.05. The number of hydrogen-bond donors (Lipinski definition) is 1. The van der Waals surface area contributed by atoms with Crippen molar-refractivity contribution in [3.8, 4) is 11.8 Å². The van der Waals surface area contributed by atoms with E-state index in [1.807, 2.05) is 37.3 Å². The number of anilines is 1. The first-order valence-electron chi connectivity index (χ1n) is 6.93. The normalized spacial score (nSPS) is 10.3. The molecule has 0 aliphatic heterocycles. The van der Waals surface area contributed by atoms with Gasteiger partial charge in [0.15, 0.2) is 0 Å². The van der Waals surface area contributed by atoms with E-state index >= 15 is 0 Å². The van der Waals surface area contributed by atoms with Crippen molar-refractivity contribution in [2.75, 3.05) is 11.1 Å². The summed E-state index contributed by atoms with van der Waals surface area (Å²) in [7, 11) is 0. The monoisotopic (exact) mass is 356 g/mol. The molecule has 0 aliphatic rings. The van der Waals surface area contributed by atoms with Gasteiger partial charge in [0.1, 0.15) is 11.1 Å². The number of tetrazole rings is 1. The Morgan fingerprint density at radius 1 is 1.46 bits per heavy atom. The summed E-state index contributed by atoms with van der Waals surface area (Å²) in [6, 6.07) is 11.5. The molecule has 7 nitrogen and oxygen atoms in total. The molecule has 0 aliphatic carbocycles. The summed E-state index contributed by atoms with van der Waals surface area (Å²) >= 11 is 2.55. The van der Waals surface area contributed by atoms with Gasteiger partial charge in [-0.05, 0) is 46.5 Å². The first-order valence-corrected chi connectivity index (χ1v) is 8.79. The second-order valence-electron chi connectivity index (χ2n) is 4.82. The number of nitriles is 1. The molecule has 120 valence electrons. The Bertz CT molecular complexity index is 911. The molecule has 1 aromatic carbocycles. The minimum atomic E-state index is -0.210. The average molecular weight is 356 g/mol. The van der Waals surface area contributed by atoms with Gasteiger partial charge in [0.2, 0.25) is 11.1 Å². The molecule has 0 saturated heterocycles. The summed E-state index contributed by atoms with van der Waals surface area (Å²) in [5, 5.41) is 26.1. The summed E-state index contributed by atoms with van der Waals surface area (Å²) in [6.45, 7) is 1.99. The fourth-order valence-electron chi connectivity index (χ4n) is 1.98. The summed E-state index contributed by atoms with van der Waals surface area (Å²) in [5.74, 6) is -0.0626. The molecule has 0 atom stereocenters. The lowest BCUT2D eigenvalue weighted by molar-refractivity contribution is -0.113. The summed E-state index contributed by atoms with van der Waals surface area (Å²) in [4.78, 5) is 12.1. The van der Waals surface area contributed by atoms with E-state index in [1.54, 1.807) is 16.1 Å². The SMILES string of the molecule is Cc1cccc(-n2nnnc2SCC(=O)Nc2sccc2C#N)c1. The highest BCUT2D eigenvalue weighted by Crippen LogP contribution is 2.23. The molecule has 0 unspecified atom stereocenters. The number of benzene rings is 1. The van der Waals surface area contributed by atoms with E-state index in [9.17, 15) is 4.79 Å². The van der Waals surface area contributed by atoms with E-state index in [4.69, 9.17) is 5.26 Å². The molecular formula is C15H12N6OS2. The van der Waals surface area contributed by atoms with Crippen molar-refractivity contribution in [1.29, 1.82) is 5.26 Å². The standard InChI is InChI=1S/C15H12N6OS2/c1-10-3-2-4-12(7-10)21-15(18-19-20-21)24-9-13(22)17-14-11(8-16)5-6-23-14/h2-7H,9H2,1H3,(H,17,22). The van der Waals surface area contributed by atoms with Crippen LogP contribution in [0.2, 0.25) is 0 Å². The van der Waals surface area contributed by atoms with Gasteiger partial charge in [0, 0.05) is 0 Å². The molecule has 2 aromatic heterocycles. The zero-order chi connectivity index (χ0) is 16.9. The van der Waals surface area contributed by atoms with Gasteiger partial charge in [-0.25, -0.2) is 0 Å². The van der Waals surface area contributed by atoms with Crippen molar-refractivity contribution in [2.24, 2.45) is 0 Å². The first-order chi connectivity index (χ1) is 11.7. The molecule has 0 fully saturated rings. The highest BCUT2D eigenvalue weighted by atomic mass is 32.2. The third kappa shape index (κ3) is 3.61. The van der Waals surface area contributed by atoms with E-state index in [0.717, 1.165) is 11.3 Å². The summed E-state index contributed by atoms with van der Waals surface area (Å²) in [6.07, 6.45) is 0. The number of nitrogens with one attached hydrogen (secondary N) is 1. The molecule has 2 heterocycles. The lowest BCUT2D eigenvalue weighted by atomic mass is 10.2. The van der Waals surface area contributed by atoms with E-state index in [1.165, 1.54) is 23.1 Å². The predicted molar refractivity (Wildman–Crippen MR) is 92.3 cm³/mol. The van der Waals surface area contributed by atoms with Gasteiger partial charge in [-0.15, -0.1) is 16.4 Å². The fraction of sp³-hybridized carbons (Fsp3) is 0.133. The molecule has 24 heavy (non-hydrogen) atoms. The molecule has 0 spiro atoms. The van der Waals surface area contributed by atoms with Gasteiger partial charge in [0.25, 0.3) is 0 Å². The van der Waals surface area contributed by atoms with Crippen LogP contribution in [0.3, 0.4) is 0 Å². The Morgan fingerprint density at radius 3 is 3.12 bits per heavy atom. The number of carbonyl (C=O) groups is 1. The van der Waals surface area contributed by atoms with Crippen molar-refractivity contribution >= 4 is 34.0 Å². The number of aryl methyl sites for hydroxylation is 1. The van der Waals surface area contributed by atoms with E-state index in [-0.39, 0.29) is 11.7 Å². The number of thiophene rings is 1. The predicted octanol–water partition coefficient (Wildman–Crippen LogP) is 2.63. The van der Waals surface area contributed by atoms with Crippen LogP contribution in [0.4, 0.5) is 5.00 Å². The van der Waals surface area contributed by atoms with Crippen molar-refractivity contribution < 1.29 is 4.79 Å². The summed E-state index contributed by atoms with van der Waals surface area (Å²) < 4.78 is 1.59. The Hall–Kier alpha value is -2.70. The third-order valence-corrected chi connectivity index (χ3v) is 4.81. The Labute approximate surface area is 146 Å². The molecular weight excluding hydrogens is 344 g/mol. The number of amides is 1. The Morgan fingerprint density at radius 2 is 2.33 bits per heavy atom. The molecule has 1 N–H and O–H groups in total. The zero-order valence-corrected chi connectivity index (χ0v) is 14.3. The van der Waals surface area contributed by atoms with Gasteiger partial charge >= 0.3 is 0 Å². The Kier molecular flexibility index (Phi) is 4.88. The molecule has 3 aromatic rings. The van der Waals surface area contributed by atoms with Gasteiger partial charge in [-0.2, -0.15) is 9.94 Å². The van der Waals surface area contributed by atoms with Crippen molar-refractivity contribution in [2.45, 2.75) is 12.1 Å². The highest BCUT2D eigenvalue weighted by Gasteiger charge is 2.13. The average Bonchev–Trinajstić information content (AvgIpc) is 3.21. The maximum Gasteiger partial charge on any atom is 0.235 e. The lowest BCUT2D eigenvalue weighted by Crippen LogP contribution is -2.14. The number of hydrogen-bond acceptors (Lipinski definition) is 7. The van der Waals surface area contributed by atoms with E-state index < -0.39 is 0 Å². The second kappa shape index (κ2) is 7.25. The van der Waals surface area contributed by atoms with Gasteiger partial charge in [0.05, 0.1) is 17.0 Å². The van der Waals surface area contributed by atoms with Crippen LogP contribution in [0.15, 0.2) is 40.9 Å². The molecule has 0 bridgehead atoms. The molecule has 0 saturated carbocycles. The van der Waals surface area contributed by atoms with Gasteiger partial charge in [-0.1, -0.05) is 23.9 Å². The zero-order valence-electron chi connectivity index (χ0n) is 12.6. The van der Waals surface area contributed by atoms with E-state index in [0.29, 0.717) is 15.7 Å². The van der Waals surface area contributed by atoms with Crippen molar-refractivity contribution in [1.82, 2.24) is 20.2 Å². The minimum absolute atomic E-state index is 0.148. The minimum Gasteiger partial charge on any atom is -0.316 e. The molecule has 9 heteroatoms. The number of carbonyl (C=O) groups excluding carboxylic acids is 1. The van der Waals surface area contributed by atoms with Crippen LogP contribution in [-0.4, -0.2) is 31.9 Å². The first kappa shape index (κ1) is 16.2. The number of nitrogens with zero attached hydrogens (tertiary/aromatic N) is 5. The van der Waals surface area contributed by atoms with Crippen molar-refractivity contribution in [3.05, 3.63) is 46.8 Å².